The predicted molar refractivity (Wildman–Crippen MR) is 141 cm³/mol. The molecule has 12 heteroatoms. The molecule has 4 rings (SSSR count). The molecule has 4 aromatic rings. The number of hydrogen-bond donors (Lipinski definition) is 0. The fourth-order valence-corrected chi connectivity index (χ4v) is 3.83. The Bertz CT molecular complexity index is 1610. The fourth-order valence-electron chi connectivity index (χ4n) is 3.83. The van der Waals surface area contributed by atoms with Crippen molar-refractivity contribution >= 4 is 23.1 Å². The summed E-state index contributed by atoms with van der Waals surface area (Å²) in [5.41, 5.74) is -0.726. The third kappa shape index (κ3) is 6.06. The maximum atomic E-state index is 13.4. The monoisotopic (exact) mass is 555 g/mol. The molecular formula is C28H24F3N3O6. The lowest BCUT2D eigenvalue weighted by Crippen LogP contribution is -2.20. The molecule has 9 nitrogen and oxygen atoms in total. The molecule has 1 heterocycles. The van der Waals surface area contributed by atoms with E-state index in [-0.39, 0.29) is 47.2 Å². The lowest BCUT2D eigenvalue weighted by Gasteiger charge is -2.15. The molecule has 0 amide bonds. The van der Waals surface area contributed by atoms with Gasteiger partial charge in [0, 0.05) is 11.1 Å². The number of para-hydroxylation sites is 1. The molecule has 40 heavy (non-hydrogen) atoms. The van der Waals surface area contributed by atoms with E-state index in [4.69, 9.17) is 18.9 Å². The van der Waals surface area contributed by atoms with Gasteiger partial charge in [0.1, 0.15) is 0 Å². The van der Waals surface area contributed by atoms with Crippen LogP contribution in [0.2, 0.25) is 0 Å². The molecule has 0 atom stereocenters. The highest BCUT2D eigenvalue weighted by atomic mass is 19.4. The highest BCUT2D eigenvalue weighted by molar-refractivity contribution is 5.84. The van der Waals surface area contributed by atoms with E-state index < -0.39 is 23.3 Å². The zero-order chi connectivity index (χ0) is 28.9. The standard InChI is InChI=1S/C28H24F3N3O6/c1-4-39-24(35)16-40-25-22(37-2)12-17(13-23(25)38-3)15-32-34-26(18-8-7-9-19(14-18)28(29,30)31)33-21-11-6-5-10-20(21)27(34)36/h5-15H,4,16H2,1-3H3. The maximum Gasteiger partial charge on any atom is 0.416 e. The van der Waals surface area contributed by atoms with Crippen LogP contribution in [0, 0.1) is 0 Å². The van der Waals surface area contributed by atoms with Gasteiger partial charge in [-0.05, 0) is 43.3 Å². The van der Waals surface area contributed by atoms with Crippen LogP contribution in [0.3, 0.4) is 0 Å². The molecule has 0 aliphatic rings. The number of aromatic nitrogens is 2. The molecule has 0 radical (unpaired) electrons. The molecule has 208 valence electrons. The van der Waals surface area contributed by atoms with Gasteiger partial charge >= 0.3 is 12.1 Å². The first-order chi connectivity index (χ1) is 19.2. The van der Waals surface area contributed by atoms with Gasteiger partial charge in [0.05, 0.1) is 43.5 Å². The molecule has 3 aromatic carbocycles. The molecule has 0 spiro atoms. The van der Waals surface area contributed by atoms with Gasteiger partial charge < -0.3 is 18.9 Å². The van der Waals surface area contributed by atoms with E-state index >= 15 is 0 Å². The summed E-state index contributed by atoms with van der Waals surface area (Å²) >= 11 is 0. The Labute approximate surface area is 226 Å². The summed E-state index contributed by atoms with van der Waals surface area (Å²) in [6.07, 6.45) is -3.29. The summed E-state index contributed by atoms with van der Waals surface area (Å²) in [6.45, 7) is 1.48. The fraction of sp³-hybridized carbons (Fsp3) is 0.214. The molecule has 0 aliphatic heterocycles. The van der Waals surface area contributed by atoms with E-state index in [1.165, 1.54) is 44.7 Å². The Morgan fingerprint density at radius 3 is 2.38 bits per heavy atom. The first-order valence-electron chi connectivity index (χ1n) is 11.9. The zero-order valence-corrected chi connectivity index (χ0v) is 21.7. The van der Waals surface area contributed by atoms with Gasteiger partial charge in [0.25, 0.3) is 5.56 Å². The minimum Gasteiger partial charge on any atom is -0.493 e. The maximum absolute atomic E-state index is 13.4. The van der Waals surface area contributed by atoms with Gasteiger partial charge in [-0.3, -0.25) is 4.79 Å². The van der Waals surface area contributed by atoms with E-state index in [0.29, 0.717) is 11.1 Å². The minimum absolute atomic E-state index is 0.0488. The van der Waals surface area contributed by atoms with Gasteiger partial charge in [0.15, 0.2) is 23.9 Å². The number of ether oxygens (including phenoxy) is 4. The van der Waals surface area contributed by atoms with E-state index in [0.717, 1.165) is 16.8 Å². The summed E-state index contributed by atoms with van der Waals surface area (Å²) < 4.78 is 62.4. The number of carbonyl (C=O) groups excluding carboxylic acids is 1. The number of alkyl halides is 3. The van der Waals surface area contributed by atoms with E-state index in [1.807, 2.05) is 0 Å². The van der Waals surface area contributed by atoms with Gasteiger partial charge in [-0.15, -0.1) is 0 Å². The van der Waals surface area contributed by atoms with Crippen molar-refractivity contribution in [1.29, 1.82) is 0 Å². The van der Waals surface area contributed by atoms with Crippen LogP contribution in [0.1, 0.15) is 18.1 Å². The molecule has 0 saturated carbocycles. The summed E-state index contributed by atoms with van der Waals surface area (Å²) in [4.78, 5) is 29.6. The minimum atomic E-state index is -4.59. The van der Waals surface area contributed by atoms with E-state index in [1.54, 1.807) is 31.2 Å². The van der Waals surface area contributed by atoms with Crippen molar-refractivity contribution in [2.45, 2.75) is 13.1 Å². The second-order valence-corrected chi connectivity index (χ2v) is 8.24. The highest BCUT2D eigenvalue weighted by Crippen LogP contribution is 2.38. The SMILES string of the molecule is CCOC(=O)COc1c(OC)cc(C=Nn2c(-c3cccc(C(F)(F)F)c3)nc3ccccc3c2=O)cc1OC. The largest absolute Gasteiger partial charge is 0.493 e. The number of hydrogen-bond acceptors (Lipinski definition) is 8. The van der Waals surface area contributed by atoms with Gasteiger partial charge in [-0.2, -0.15) is 22.9 Å². The second-order valence-electron chi connectivity index (χ2n) is 8.24. The van der Waals surface area contributed by atoms with Crippen molar-refractivity contribution in [2.75, 3.05) is 27.4 Å². The van der Waals surface area contributed by atoms with Gasteiger partial charge in [-0.25, -0.2) is 9.78 Å². The topological polar surface area (TPSA) is 101 Å². The first-order valence-corrected chi connectivity index (χ1v) is 11.9. The number of carbonyl (C=O) groups is 1. The number of nitrogens with zero attached hydrogens (tertiary/aromatic N) is 3. The van der Waals surface area contributed by atoms with Crippen LogP contribution in [0.4, 0.5) is 13.2 Å². The molecule has 0 aliphatic carbocycles. The molecule has 0 unspecified atom stereocenters. The summed E-state index contributed by atoms with van der Waals surface area (Å²) in [7, 11) is 2.77. The number of rotatable bonds is 9. The average molecular weight is 556 g/mol. The Morgan fingerprint density at radius 2 is 1.73 bits per heavy atom. The van der Waals surface area contributed by atoms with Crippen molar-refractivity contribution in [2.24, 2.45) is 5.10 Å². The third-order valence-electron chi connectivity index (χ3n) is 5.65. The quantitative estimate of drug-likeness (QED) is 0.213. The van der Waals surface area contributed by atoms with Crippen LogP contribution in [-0.2, 0) is 15.7 Å². The number of fused-ring (bicyclic) bond motifs is 1. The Morgan fingerprint density at radius 1 is 1.02 bits per heavy atom. The molecule has 1 aromatic heterocycles. The zero-order valence-electron chi connectivity index (χ0n) is 21.7. The molecule has 0 N–H and O–H groups in total. The molecule has 0 bridgehead atoms. The molecule has 0 saturated heterocycles. The average Bonchev–Trinajstić information content (AvgIpc) is 2.95. The number of esters is 1. The summed E-state index contributed by atoms with van der Waals surface area (Å²) in [5, 5.41) is 4.51. The highest BCUT2D eigenvalue weighted by Gasteiger charge is 2.31. The Hall–Kier alpha value is -4.87. The Kier molecular flexibility index (Phi) is 8.37. The molecular weight excluding hydrogens is 531 g/mol. The van der Waals surface area contributed by atoms with Crippen LogP contribution >= 0.6 is 0 Å². The van der Waals surface area contributed by atoms with Crippen LogP contribution in [-0.4, -0.2) is 49.3 Å². The number of halogens is 3. The second kappa shape index (κ2) is 11.9. The lowest BCUT2D eigenvalue weighted by molar-refractivity contribution is -0.145. The van der Waals surface area contributed by atoms with Crippen molar-refractivity contribution in [1.82, 2.24) is 9.66 Å². The molecule has 0 fully saturated rings. The van der Waals surface area contributed by atoms with E-state index in [9.17, 15) is 22.8 Å². The van der Waals surface area contributed by atoms with Crippen LogP contribution in [0.5, 0.6) is 17.2 Å². The summed E-state index contributed by atoms with van der Waals surface area (Å²) in [6, 6.07) is 14.0. The lowest BCUT2D eigenvalue weighted by atomic mass is 10.1. The van der Waals surface area contributed by atoms with Crippen molar-refractivity contribution in [3.05, 3.63) is 82.1 Å². The normalized spacial score (nSPS) is 11.6. The van der Waals surface area contributed by atoms with Crippen LogP contribution < -0.4 is 19.8 Å². The van der Waals surface area contributed by atoms with Crippen molar-refractivity contribution < 1.29 is 36.9 Å². The van der Waals surface area contributed by atoms with Crippen LogP contribution in [0.25, 0.3) is 22.3 Å². The van der Waals surface area contributed by atoms with Gasteiger partial charge in [0.2, 0.25) is 5.75 Å². The van der Waals surface area contributed by atoms with Gasteiger partial charge in [-0.1, -0.05) is 24.3 Å². The number of benzene rings is 3. The first kappa shape index (κ1) is 28.1. The summed E-state index contributed by atoms with van der Waals surface area (Å²) in [5.74, 6) is -0.120. The van der Waals surface area contributed by atoms with Crippen LogP contribution in [0.15, 0.2) is 70.6 Å². The van der Waals surface area contributed by atoms with Crippen molar-refractivity contribution in [3.8, 4) is 28.6 Å². The smallest absolute Gasteiger partial charge is 0.416 e. The number of methoxy groups -OCH3 is 2. The Balaban J connectivity index is 1.81. The third-order valence-corrected chi connectivity index (χ3v) is 5.65. The van der Waals surface area contributed by atoms with Crippen molar-refractivity contribution in [3.63, 3.8) is 0 Å². The van der Waals surface area contributed by atoms with E-state index in [2.05, 4.69) is 10.1 Å². The predicted octanol–water partition coefficient (Wildman–Crippen LogP) is 4.92.